The smallest absolute Gasteiger partial charge is 0.118 e. The van der Waals surface area contributed by atoms with Crippen molar-refractivity contribution < 1.29 is 4.74 Å². The molecule has 0 radical (unpaired) electrons. The highest BCUT2D eigenvalue weighted by Gasteiger charge is 2.23. The van der Waals surface area contributed by atoms with Crippen molar-refractivity contribution in [2.75, 3.05) is 26.7 Å². The molecule has 0 saturated carbocycles. The van der Waals surface area contributed by atoms with Crippen LogP contribution >= 0.6 is 0 Å². The fourth-order valence-electron chi connectivity index (χ4n) is 3.17. The molecule has 3 heteroatoms. The predicted octanol–water partition coefficient (Wildman–Crippen LogP) is 2.91. The van der Waals surface area contributed by atoms with Gasteiger partial charge >= 0.3 is 0 Å². The minimum Gasteiger partial charge on any atom is -0.497 e. The summed E-state index contributed by atoms with van der Waals surface area (Å²) in [5.74, 6) is 1.79. The van der Waals surface area contributed by atoms with Gasteiger partial charge in [-0.05, 0) is 56.5 Å². The second kappa shape index (κ2) is 7.65. The van der Waals surface area contributed by atoms with Crippen LogP contribution in [0.15, 0.2) is 24.3 Å². The Labute approximate surface area is 123 Å². The predicted molar refractivity (Wildman–Crippen MR) is 84.1 cm³/mol. The third kappa shape index (κ3) is 4.50. The van der Waals surface area contributed by atoms with Crippen LogP contribution in [0.5, 0.6) is 5.75 Å². The van der Waals surface area contributed by atoms with E-state index in [1.807, 2.05) is 0 Å². The first-order valence-corrected chi connectivity index (χ1v) is 7.80. The number of benzene rings is 1. The van der Waals surface area contributed by atoms with E-state index in [0.717, 1.165) is 24.8 Å². The summed E-state index contributed by atoms with van der Waals surface area (Å²) in [4.78, 5) is 2.57. The lowest BCUT2D eigenvalue weighted by Crippen LogP contribution is -2.29. The molecule has 1 fully saturated rings. The molecule has 1 saturated heterocycles. The van der Waals surface area contributed by atoms with Gasteiger partial charge in [0.1, 0.15) is 5.75 Å². The van der Waals surface area contributed by atoms with E-state index in [-0.39, 0.29) is 0 Å². The Bertz CT molecular complexity index is 390. The molecule has 0 aliphatic carbocycles. The minimum absolute atomic E-state index is 0.644. The fourth-order valence-corrected chi connectivity index (χ4v) is 3.17. The molecule has 0 aromatic heterocycles. The summed E-state index contributed by atoms with van der Waals surface area (Å²) in [6, 6.07) is 9.10. The molecule has 3 nitrogen and oxygen atoms in total. The molecule has 2 rings (SSSR count). The number of nitrogens with zero attached hydrogens (tertiary/aromatic N) is 1. The maximum atomic E-state index is 5.20. The first-order valence-electron chi connectivity index (χ1n) is 7.80. The maximum absolute atomic E-state index is 5.20. The van der Waals surface area contributed by atoms with Crippen molar-refractivity contribution in [3.05, 3.63) is 29.8 Å². The molecule has 2 unspecified atom stereocenters. The number of hydrogen-bond donors (Lipinski definition) is 1. The van der Waals surface area contributed by atoms with Gasteiger partial charge in [-0.1, -0.05) is 19.1 Å². The zero-order chi connectivity index (χ0) is 14.4. The number of likely N-dealkylation sites (tertiary alicyclic amines) is 1. The fraction of sp³-hybridized carbons (Fsp3) is 0.647. The van der Waals surface area contributed by atoms with Crippen LogP contribution in [-0.2, 0) is 6.54 Å². The molecule has 1 heterocycles. The van der Waals surface area contributed by atoms with Crippen LogP contribution in [0.25, 0.3) is 0 Å². The van der Waals surface area contributed by atoms with E-state index in [9.17, 15) is 0 Å². The molecule has 1 aromatic rings. The molecule has 20 heavy (non-hydrogen) atoms. The largest absolute Gasteiger partial charge is 0.497 e. The van der Waals surface area contributed by atoms with Gasteiger partial charge in [-0.25, -0.2) is 0 Å². The third-order valence-corrected chi connectivity index (χ3v) is 4.17. The van der Waals surface area contributed by atoms with E-state index in [2.05, 4.69) is 48.3 Å². The van der Waals surface area contributed by atoms with Crippen LogP contribution in [0.4, 0.5) is 0 Å². The van der Waals surface area contributed by atoms with Gasteiger partial charge in [0.15, 0.2) is 0 Å². The van der Waals surface area contributed by atoms with Crippen molar-refractivity contribution >= 4 is 0 Å². The Morgan fingerprint density at radius 3 is 2.75 bits per heavy atom. The average Bonchev–Trinajstić information content (AvgIpc) is 2.87. The summed E-state index contributed by atoms with van der Waals surface area (Å²) in [6.45, 7) is 9.09. The summed E-state index contributed by atoms with van der Waals surface area (Å²) >= 11 is 0. The van der Waals surface area contributed by atoms with Crippen LogP contribution in [0.2, 0.25) is 0 Å². The van der Waals surface area contributed by atoms with Crippen LogP contribution in [0.3, 0.4) is 0 Å². The van der Waals surface area contributed by atoms with Crippen molar-refractivity contribution in [2.45, 2.75) is 39.3 Å². The van der Waals surface area contributed by atoms with Crippen molar-refractivity contribution in [1.82, 2.24) is 10.2 Å². The van der Waals surface area contributed by atoms with Gasteiger partial charge in [-0.3, -0.25) is 4.90 Å². The van der Waals surface area contributed by atoms with Crippen molar-refractivity contribution in [3.8, 4) is 5.75 Å². The van der Waals surface area contributed by atoms with Crippen molar-refractivity contribution in [1.29, 1.82) is 0 Å². The molecule has 1 aliphatic heterocycles. The Morgan fingerprint density at radius 2 is 2.10 bits per heavy atom. The highest BCUT2D eigenvalue weighted by Crippen LogP contribution is 2.23. The summed E-state index contributed by atoms with van der Waals surface area (Å²) in [6.07, 6.45) is 2.64. The van der Waals surface area contributed by atoms with E-state index < -0.39 is 0 Å². The summed E-state index contributed by atoms with van der Waals surface area (Å²) < 4.78 is 5.20. The number of hydrogen-bond acceptors (Lipinski definition) is 3. The van der Waals surface area contributed by atoms with Gasteiger partial charge in [0, 0.05) is 19.1 Å². The zero-order valence-corrected chi connectivity index (χ0v) is 13.1. The molecule has 2 atom stereocenters. The second-order valence-electron chi connectivity index (χ2n) is 5.93. The van der Waals surface area contributed by atoms with E-state index in [0.29, 0.717) is 6.04 Å². The third-order valence-electron chi connectivity index (χ3n) is 4.17. The quantitative estimate of drug-likeness (QED) is 0.829. The van der Waals surface area contributed by atoms with Gasteiger partial charge in [0.2, 0.25) is 0 Å². The average molecular weight is 276 g/mol. The summed E-state index contributed by atoms with van der Waals surface area (Å²) in [5.41, 5.74) is 1.38. The number of rotatable bonds is 7. The number of methoxy groups -OCH3 is 1. The number of ether oxygens (including phenoxy) is 1. The lowest BCUT2D eigenvalue weighted by Gasteiger charge is -2.19. The van der Waals surface area contributed by atoms with Crippen LogP contribution in [0, 0.1) is 5.92 Å². The minimum atomic E-state index is 0.644. The van der Waals surface area contributed by atoms with E-state index >= 15 is 0 Å². The SMILES string of the molecule is CCNC(C)CC1CCN(Cc2ccc(OC)cc2)C1. The summed E-state index contributed by atoms with van der Waals surface area (Å²) in [7, 11) is 1.71. The Morgan fingerprint density at radius 1 is 1.35 bits per heavy atom. The van der Waals surface area contributed by atoms with Gasteiger partial charge in [-0.2, -0.15) is 0 Å². The Hall–Kier alpha value is -1.06. The molecule has 1 aliphatic rings. The van der Waals surface area contributed by atoms with E-state index in [4.69, 9.17) is 4.74 Å². The molecular weight excluding hydrogens is 248 g/mol. The first kappa shape index (κ1) is 15.3. The van der Waals surface area contributed by atoms with E-state index in [1.54, 1.807) is 7.11 Å². The van der Waals surface area contributed by atoms with Crippen LogP contribution in [-0.4, -0.2) is 37.7 Å². The van der Waals surface area contributed by atoms with Crippen molar-refractivity contribution in [2.24, 2.45) is 5.92 Å². The van der Waals surface area contributed by atoms with E-state index in [1.165, 1.54) is 31.5 Å². The van der Waals surface area contributed by atoms with Gasteiger partial charge in [0.05, 0.1) is 7.11 Å². The van der Waals surface area contributed by atoms with Crippen LogP contribution < -0.4 is 10.1 Å². The van der Waals surface area contributed by atoms with Gasteiger partial charge in [0.25, 0.3) is 0 Å². The van der Waals surface area contributed by atoms with Gasteiger partial charge < -0.3 is 10.1 Å². The standard InChI is InChI=1S/C17H28N2O/c1-4-18-14(2)11-16-9-10-19(13-16)12-15-5-7-17(20-3)8-6-15/h5-8,14,16,18H,4,9-13H2,1-3H3. The monoisotopic (exact) mass is 276 g/mol. The van der Waals surface area contributed by atoms with Crippen LogP contribution in [0.1, 0.15) is 32.3 Å². The first-order chi connectivity index (χ1) is 9.71. The van der Waals surface area contributed by atoms with Crippen molar-refractivity contribution in [3.63, 3.8) is 0 Å². The lowest BCUT2D eigenvalue weighted by molar-refractivity contribution is 0.306. The molecule has 0 spiro atoms. The lowest BCUT2D eigenvalue weighted by atomic mass is 10.0. The zero-order valence-electron chi connectivity index (χ0n) is 13.1. The number of nitrogens with one attached hydrogen (secondary N) is 1. The Kier molecular flexibility index (Phi) is 5.86. The van der Waals surface area contributed by atoms with Gasteiger partial charge in [-0.15, -0.1) is 0 Å². The Balaban J connectivity index is 1.77. The molecule has 0 bridgehead atoms. The second-order valence-corrected chi connectivity index (χ2v) is 5.93. The highest BCUT2D eigenvalue weighted by atomic mass is 16.5. The maximum Gasteiger partial charge on any atom is 0.118 e. The highest BCUT2D eigenvalue weighted by molar-refractivity contribution is 5.27. The molecule has 1 N–H and O–H groups in total. The molecule has 1 aromatic carbocycles. The molecule has 112 valence electrons. The summed E-state index contributed by atoms with van der Waals surface area (Å²) in [5, 5.41) is 3.52. The molecule has 0 amide bonds. The topological polar surface area (TPSA) is 24.5 Å². The molecular formula is C17H28N2O. The normalized spacial score (nSPS) is 21.1.